The maximum Gasteiger partial charge on any atom is 0.393 e. The molecule has 214 valence electrons. The number of halogens is 4. The molecular formula is C30H34F4N3OPS. The number of anilines is 2. The van der Waals surface area contributed by atoms with Crippen molar-refractivity contribution in [2.24, 2.45) is 0 Å². The normalized spacial score (nSPS) is 19.9. The van der Waals surface area contributed by atoms with E-state index in [4.69, 9.17) is 4.74 Å². The zero-order valence-electron chi connectivity index (χ0n) is 22.9. The Hall–Kier alpha value is -2.53. The molecule has 2 heterocycles. The lowest BCUT2D eigenvalue weighted by Gasteiger charge is -2.33. The number of piperidine rings is 1. The fraction of sp³-hybridized carbons (Fsp3) is 0.467. The van der Waals surface area contributed by atoms with E-state index in [1.165, 1.54) is 16.6 Å². The molecule has 1 saturated carbocycles. The van der Waals surface area contributed by atoms with Crippen molar-refractivity contribution in [1.82, 2.24) is 4.90 Å². The summed E-state index contributed by atoms with van der Waals surface area (Å²) in [6.07, 6.45) is -3.53. The molecule has 2 atom stereocenters. The van der Waals surface area contributed by atoms with E-state index in [0.717, 1.165) is 30.8 Å². The summed E-state index contributed by atoms with van der Waals surface area (Å²) in [5.74, 6) is 6.83. The molecule has 2 aromatic carbocycles. The van der Waals surface area contributed by atoms with Crippen LogP contribution in [0.1, 0.15) is 29.7 Å². The van der Waals surface area contributed by atoms with Gasteiger partial charge in [0, 0.05) is 13.1 Å². The van der Waals surface area contributed by atoms with Gasteiger partial charge in [-0.05, 0) is 74.1 Å². The van der Waals surface area contributed by atoms with Gasteiger partial charge in [-0.3, -0.25) is 0 Å². The Labute approximate surface area is 238 Å². The number of thiophene rings is 1. The highest BCUT2D eigenvalue weighted by Crippen LogP contribution is 2.40. The number of nitrogens with zero attached hydrogens (tertiary/aromatic N) is 1. The Kier molecular flexibility index (Phi) is 8.80. The summed E-state index contributed by atoms with van der Waals surface area (Å²) in [4.78, 5) is 2.33. The van der Waals surface area contributed by atoms with Gasteiger partial charge in [0.25, 0.3) is 0 Å². The summed E-state index contributed by atoms with van der Waals surface area (Å²) in [5, 5.41) is 8.33. The first-order valence-electron chi connectivity index (χ1n) is 13.5. The van der Waals surface area contributed by atoms with Crippen LogP contribution >= 0.6 is 19.3 Å². The molecule has 3 aromatic rings. The molecule has 0 amide bonds. The topological polar surface area (TPSA) is 36.5 Å². The second-order valence-corrected chi connectivity index (χ2v) is 14.1. The first-order valence-corrected chi connectivity index (χ1v) is 16.5. The minimum absolute atomic E-state index is 0.171. The van der Waals surface area contributed by atoms with Gasteiger partial charge in [0.2, 0.25) is 0 Å². The lowest BCUT2D eigenvalue weighted by molar-refractivity contribution is -0.126. The molecule has 0 bridgehead atoms. The molecule has 1 aliphatic carbocycles. The fourth-order valence-corrected chi connectivity index (χ4v) is 6.76. The van der Waals surface area contributed by atoms with Gasteiger partial charge in [0.1, 0.15) is 11.9 Å². The van der Waals surface area contributed by atoms with Crippen molar-refractivity contribution in [2.45, 2.75) is 50.2 Å². The van der Waals surface area contributed by atoms with Crippen molar-refractivity contribution in [1.29, 1.82) is 0 Å². The Bertz CT molecular complexity index is 1410. The summed E-state index contributed by atoms with van der Waals surface area (Å²) in [6.45, 7) is 5.74. The first-order chi connectivity index (χ1) is 19.1. The van der Waals surface area contributed by atoms with Crippen LogP contribution in [-0.4, -0.2) is 69.4 Å². The minimum Gasteiger partial charge on any atom is -0.488 e. The summed E-state index contributed by atoms with van der Waals surface area (Å²) < 4.78 is 62.3. The Morgan fingerprint density at radius 2 is 1.93 bits per heavy atom. The molecule has 4 nitrogen and oxygen atoms in total. The standard InChI is InChI=1S/C30H34F4N3OPS/c1-37-15-13-24(23(31)18-37)36-26-7-4-6-21-22(17-30(32,33)34)28(40-29(21)26)8-5-14-35-25-12-11-20(39(2)3)16-27(25)38-19-9-10-19/h4,6-7,11-12,16,19,23-24,35-36H,9-10,13-15,17-18H2,1-3H3. The van der Waals surface area contributed by atoms with Crippen molar-refractivity contribution in [3.05, 3.63) is 46.8 Å². The Morgan fingerprint density at radius 1 is 1.12 bits per heavy atom. The SMILES string of the molecule is CN1CCC(Nc2cccc3c(CC(F)(F)F)c(C#CCNc4ccc(P(C)C)cc4OC4CC4)sc23)C(F)C1. The number of fused-ring (bicyclic) bond motifs is 1. The van der Waals surface area contributed by atoms with Crippen LogP contribution in [0, 0.1) is 11.8 Å². The summed E-state index contributed by atoms with van der Waals surface area (Å²) in [7, 11) is 1.61. The molecule has 2 unspecified atom stereocenters. The third-order valence-corrected chi connectivity index (χ3v) is 9.66. The highest BCUT2D eigenvalue weighted by Gasteiger charge is 2.32. The van der Waals surface area contributed by atoms with Crippen molar-refractivity contribution in [2.75, 3.05) is 50.6 Å². The van der Waals surface area contributed by atoms with Gasteiger partial charge in [0.05, 0.1) is 46.1 Å². The lowest BCUT2D eigenvalue weighted by Crippen LogP contribution is -2.46. The predicted molar refractivity (Wildman–Crippen MR) is 160 cm³/mol. The van der Waals surface area contributed by atoms with E-state index in [0.29, 0.717) is 33.6 Å². The smallest absolute Gasteiger partial charge is 0.393 e. The van der Waals surface area contributed by atoms with Gasteiger partial charge in [-0.15, -0.1) is 11.3 Å². The van der Waals surface area contributed by atoms with Crippen LogP contribution in [0.15, 0.2) is 36.4 Å². The van der Waals surface area contributed by atoms with Crippen LogP contribution in [0.3, 0.4) is 0 Å². The zero-order valence-corrected chi connectivity index (χ0v) is 24.6. The van der Waals surface area contributed by atoms with Crippen molar-refractivity contribution >= 4 is 46.0 Å². The van der Waals surface area contributed by atoms with Crippen molar-refractivity contribution in [3.63, 3.8) is 0 Å². The number of rotatable bonds is 8. The Balaban J connectivity index is 1.39. The quantitative estimate of drug-likeness (QED) is 0.171. The molecule has 2 fully saturated rings. The van der Waals surface area contributed by atoms with Gasteiger partial charge >= 0.3 is 6.18 Å². The average molecular weight is 592 g/mol. The van der Waals surface area contributed by atoms with Crippen LogP contribution in [0.2, 0.25) is 0 Å². The van der Waals surface area contributed by atoms with Crippen molar-refractivity contribution < 1.29 is 22.3 Å². The minimum atomic E-state index is -4.38. The third-order valence-electron chi connectivity index (χ3n) is 7.15. The molecule has 2 N–H and O–H groups in total. The molecule has 0 radical (unpaired) electrons. The van der Waals surface area contributed by atoms with Crippen molar-refractivity contribution in [3.8, 4) is 17.6 Å². The highest BCUT2D eigenvalue weighted by atomic mass is 32.1. The van der Waals surface area contributed by atoms with Gasteiger partial charge in [-0.25, -0.2) is 4.39 Å². The molecule has 2 aliphatic rings. The summed E-state index contributed by atoms with van der Waals surface area (Å²) in [5.41, 5.74) is 1.66. The van der Waals surface area contributed by atoms with Crippen LogP contribution in [-0.2, 0) is 6.42 Å². The van der Waals surface area contributed by atoms with Gasteiger partial charge in [0.15, 0.2) is 0 Å². The van der Waals surface area contributed by atoms with Gasteiger partial charge < -0.3 is 20.3 Å². The fourth-order valence-electron chi connectivity index (χ4n) is 4.84. The molecule has 40 heavy (non-hydrogen) atoms. The van der Waals surface area contributed by atoms with E-state index >= 15 is 0 Å². The zero-order chi connectivity index (χ0) is 28.4. The van der Waals surface area contributed by atoms with Gasteiger partial charge in [-0.2, -0.15) is 13.2 Å². The number of hydrogen-bond donors (Lipinski definition) is 2. The van der Waals surface area contributed by atoms with Crippen LogP contribution in [0.25, 0.3) is 10.1 Å². The van der Waals surface area contributed by atoms with Crippen LogP contribution < -0.4 is 20.7 Å². The molecule has 0 spiro atoms. The van der Waals surface area contributed by atoms with E-state index < -0.39 is 18.8 Å². The molecule has 1 saturated heterocycles. The van der Waals surface area contributed by atoms with E-state index in [9.17, 15) is 17.6 Å². The predicted octanol–water partition coefficient (Wildman–Crippen LogP) is 6.83. The third kappa shape index (κ3) is 7.21. The number of hydrogen-bond acceptors (Lipinski definition) is 5. The largest absolute Gasteiger partial charge is 0.488 e. The summed E-state index contributed by atoms with van der Waals surface area (Å²) in [6, 6.07) is 11.0. The van der Waals surface area contributed by atoms with Crippen LogP contribution in [0.5, 0.6) is 5.75 Å². The second-order valence-electron chi connectivity index (χ2n) is 10.7. The first kappa shape index (κ1) is 29.0. The van der Waals surface area contributed by atoms with E-state index in [2.05, 4.69) is 47.9 Å². The van der Waals surface area contributed by atoms with Crippen LogP contribution in [0.4, 0.5) is 28.9 Å². The lowest BCUT2D eigenvalue weighted by atomic mass is 10.0. The average Bonchev–Trinajstić information content (AvgIpc) is 3.64. The van der Waals surface area contributed by atoms with E-state index in [1.54, 1.807) is 12.1 Å². The molecule has 10 heteroatoms. The number of nitrogens with one attached hydrogen (secondary N) is 2. The highest BCUT2D eigenvalue weighted by molar-refractivity contribution is 7.64. The van der Waals surface area contributed by atoms with E-state index in [-0.39, 0.29) is 32.2 Å². The Morgan fingerprint density at radius 3 is 2.62 bits per heavy atom. The monoisotopic (exact) mass is 591 g/mol. The van der Waals surface area contributed by atoms with E-state index in [1.807, 2.05) is 24.1 Å². The van der Waals surface area contributed by atoms with Gasteiger partial charge in [-0.1, -0.05) is 38.0 Å². The summed E-state index contributed by atoms with van der Waals surface area (Å²) >= 11 is 1.23. The molecule has 1 aromatic heterocycles. The molecule has 5 rings (SSSR count). The second kappa shape index (κ2) is 12.1. The maximum atomic E-state index is 14.7. The number of alkyl halides is 4. The maximum absolute atomic E-state index is 14.7. The number of likely N-dealkylation sites (tertiary alicyclic amines) is 1. The number of ether oxygens (including phenoxy) is 1. The number of benzene rings is 2. The molecular weight excluding hydrogens is 557 g/mol. The molecule has 1 aliphatic heterocycles.